The summed E-state index contributed by atoms with van der Waals surface area (Å²) in [4.78, 5) is 13.7. The minimum absolute atomic E-state index is 0. The first-order chi connectivity index (χ1) is 9.16. The van der Waals surface area contributed by atoms with Gasteiger partial charge in [-0.2, -0.15) is 0 Å². The Morgan fingerprint density at radius 3 is 2.80 bits per heavy atom. The molecular formula is C16H25ClN2O. The van der Waals surface area contributed by atoms with Crippen molar-refractivity contribution in [3.63, 3.8) is 0 Å². The third kappa shape index (κ3) is 4.80. The number of benzene rings is 1. The van der Waals surface area contributed by atoms with Crippen LogP contribution in [0.5, 0.6) is 0 Å². The van der Waals surface area contributed by atoms with E-state index < -0.39 is 0 Å². The van der Waals surface area contributed by atoms with Crippen LogP contribution < -0.4 is 5.32 Å². The summed E-state index contributed by atoms with van der Waals surface area (Å²) < 4.78 is 0. The van der Waals surface area contributed by atoms with Gasteiger partial charge in [-0.15, -0.1) is 12.4 Å². The van der Waals surface area contributed by atoms with Gasteiger partial charge in [0, 0.05) is 18.7 Å². The van der Waals surface area contributed by atoms with Crippen molar-refractivity contribution >= 4 is 24.0 Å². The second-order valence-corrected chi connectivity index (χ2v) is 5.51. The Bertz CT molecular complexity index is 436. The topological polar surface area (TPSA) is 32.3 Å². The third-order valence-electron chi connectivity index (χ3n) is 4.00. The highest BCUT2D eigenvalue weighted by molar-refractivity contribution is 5.89. The first-order valence-corrected chi connectivity index (χ1v) is 7.22. The SMILES string of the molecule is CC(=O)Nc1ccccc1CCC1CCCCN1C.Cl. The summed E-state index contributed by atoms with van der Waals surface area (Å²) in [6, 6.07) is 8.82. The monoisotopic (exact) mass is 296 g/mol. The highest BCUT2D eigenvalue weighted by Gasteiger charge is 2.18. The number of likely N-dealkylation sites (tertiary alicyclic amines) is 1. The van der Waals surface area contributed by atoms with Crippen molar-refractivity contribution in [3.8, 4) is 0 Å². The Balaban J connectivity index is 0.00000200. The summed E-state index contributed by atoms with van der Waals surface area (Å²) in [5.74, 6) is 0.00207. The van der Waals surface area contributed by atoms with Gasteiger partial charge in [0.25, 0.3) is 0 Å². The number of piperidine rings is 1. The lowest BCUT2D eigenvalue weighted by molar-refractivity contribution is -0.114. The summed E-state index contributed by atoms with van der Waals surface area (Å²) in [5.41, 5.74) is 2.21. The molecule has 1 unspecified atom stereocenters. The third-order valence-corrected chi connectivity index (χ3v) is 4.00. The molecule has 0 aliphatic carbocycles. The van der Waals surface area contributed by atoms with E-state index in [1.807, 2.05) is 18.2 Å². The van der Waals surface area contributed by atoms with E-state index in [1.54, 1.807) is 6.92 Å². The molecule has 4 heteroatoms. The van der Waals surface area contributed by atoms with E-state index in [9.17, 15) is 4.79 Å². The quantitative estimate of drug-likeness (QED) is 0.922. The van der Waals surface area contributed by atoms with Gasteiger partial charge in [0.15, 0.2) is 0 Å². The zero-order valence-electron chi connectivity index (χ0n) is 12.4. The lowest BCUT2D eigenvalue weighted by Crippen LogP contribution is -2.36. The number of carbonyl (C=O) groups is 1. The smallest absolute Gasteiger partial charge is 0.221 e. The van der Waals surface area contributed by atoms with Gasteiger partial charge in [-0.25, -0.2) is 0 Å². The molecule has 0 aromatic heterocycles. The van der Waals surface area contributed by atoms with E-state index >= 15 is 0 Å². The van der Waals surface area contributed by atoms with Crippen LogP contribution >= 0.6 is 12.4 Å². The minimum Gasteiger partial charge on any atom is -0.326 e. The first-order valence-electron chi connectivity index (χ1n) is 7.22. The molecule has 0 spiro atoms. The number of nitrogens with one attached hydrogen (secondary N) is 1. The molecule has 1 aromatic rings. The number of para-hydroxylation sites is 1. The first kappa shape index (κ1) is 17.0. The molecule has 2 rings (SSSR count). The summed E-state index contributed by atoms with van der Waals surface area (Å²) in [7, 11) is 2.23. The standard InChI is InChI=1S/C16H24N2O.ClH/c1-13(19)17-16-9-4-3-7-14(16)10-11-15-8-5-6-12-18(15)2;/h3-4,7,9,15H,5-6,8,10-12H2,1-2H3,(H,17,19);1H. The van der Waals surface area contributed by atoms with Gasteiger partial charge in [0.2, 0.25) is 5.91 Å². The normalized spacial score (nSPS) is 19.2. The largest absolute Gasteiger partial charge is 0.326 e. The average molecular weight is 297 g/mol. The number of amides is 1. The Labute approximate surface area is 128 Å². The zero-order chi connectivity index (χ0) is 13.7. The van der Waals surface area contributed by atoms with Gasteiger partial charge in [-0.05, 0) is 50.9 Å². The van der Waals surface area contributed by atoms with Gasteiger partial charge in [0.1, 0.15) is 0 Å². The number of carbonyl (C=O) groups excluding carboxylic acids is 1. The summed E-state index contributed by atoms with van der Waals surface area (Å²) in [5, 5.41) is 2.92. The molecule has 1 aromatic carbocycles. The molecule has 1 saturated heterocycles. The molecule has 112 valence electrons. The van der Waals surface area contributed by atoms with Gasteiger partial charge >= 0.3 is 0 Å². The average Bonchev–Trinajstić information content (AvgIpc) is 2.39. The van der Waals surface area contributed by atoms with Crippen LogP contribution in [0.2, 0.25) is 0 Å². The maximum atomic E-state index is 11.2. The van der Waals surface area contributed by atoms with E-state index in [1.165, 1.54) is 37.8 Å². The second-order valence-electron chi connectivity index (χ2n) is 5.51. The number of aryl methyl sites for hydroxylation is 1. The van der Waals surface area contributed by atoms with Crippen LogP contribution in [0.4, 0.5) is 5.69 Å². The Morgan fingerprint density at radius 1 is 1.35 bits per heavy atom. The highest BCUT2D eigenvalue weighted by atomic mass is 35.5. The summed E-state index contributed by atoms with van der Waals surface area (Å²) >= 11 is 0. The van der Waals surface area contributed by atoms with Crippen molar-refractivity contribution in [2.75, 3.05) is 18.9 Å². The molecule has 1 aliphatic rings. The van der Waals surface area contributed by atoms with Crippen molar-refractivity contribution in [1.29, 1.82) is 0 Å². The number of hydrogen-bond acceptors (Lipinski definition) is 2. The number of nitrogens with zero attached hydrogens (tertiary/aromatic N) is 1. The predicted molar refractivity (Wildman–Crippen MR) is 86.6 cm³/mol. The van der Waals surface area contributed by atoms with Crippen LogP contribution in [0, 0.1) is 0 Å². The van der Waals surface area contributed by atoms with E-state index in [4.69, 9.17) is 0 Å². The molecule has 0 saturated carbocycles. The zero-order valence-corrected chi connectivity index (χ0v) is 13.2. The molecule has 20 heavy (non-hydrogen) atoms. The van der Waals surface area contributed by atoms with Crippen molar-refractivity contribution < 1.29 is 4.79 Å². The number of hydrogen-bond donors (Lipinski definition) is 1. The van der Waals surface area contributed by atoms with Crippen molar-refractivity contribution in [2.45, 2.75) is 45.1 Å². The van der Waals surface area contributed by atoms with Crippen LogP contribution in [-0.2, 0) is 11.2 Å². The van der Waals surface area contributed by atoms with E-state index in [0.717, 1.165) is 12.1 Å². The van der Waals surface area contributed by atoms with Crippen LogP contribution in [-0.4, -0.2) is 30.4 Å². The molecule has 1 amide bonds. The van der Waals surface area contributed by atoms with Gasteiger partial charge in [-0.3, -0.25) is 4.79 Å². The molecular weight excluding hydrogens is 272 g/mol. The number of halogens is 1. The fourth-order valence-electron chi connectivity index (χ4n) is 2.88. The molecule has 1 heterocycles. The molecule has 1 atom stereocenters. The molecule has 1 N–H and O–H groups in total. The van der Waals surface area contributed by atoms with E-state index in [-0.39, 0.29) is 18.3 Å². The van der Waals surface area contributed by atoms with Gasteiger partial charge in [0.05, 0.1) is 0 Å². The lowest BCUT2D eigenvalue weighted by Gasteiger charge is -2.32. The summed E-state index contributed by atoms with van der Waals surface area (Å²) in [6.45, 7) is 2.78. The lowest BCUT2D eigenvalue weighted by atomic mass is 9.96. The van der Waals surface area contributed by atoms with Crippen molar-refractivity contribution in [1.82, 2.24) is 4.90 Å². The predicted octanol–water partition coefficient (Wildman–Crippen LogP) is 3.48. The number of rotatable bonds is 4. The van der Waals surface area contributed by atoms with Crippen molar-refractivity contribution in [3.05, 3.63) is 29.8 Å². The second kappa shape index (κ2) is 8.28. The maximum Gasteiger partial charge on any atom is 0.221 e. The van der Waals surface area contributed by atoms with Crippen LogP contribution in [0.1, 0.15) is 38.2 Å². The number of anilines is 1. The Kier molecular flexibility index (Phi) is 7.03. The van der Waals surface area contributed by atoms with E-state index in [0.29, 0.717) is 6.04 Å². The molecule has 1 aliphatic heterocycles. The summed E-state index contributed by atoms with van der Waals surface area (Å²) in [6.07, 6.45) is 6.19. The van der Waals surface area contributed by atoms with E-state index in [2.05, 4.69) is 23.3 Å². The molecule has 1 fully saturated rings. The Hall–Kier alpha value is -1.06. The molecule has 0 bridgehead atoms. The van der Waals surface area contributed by atoms with Crippen LogP contribution in [0.25, 0.3) is 0 Å². The van der Waals surface area contributed by atoms with Crippen molar-refractivity contribution in [2.24, 2.45) is 0 Å². The fraction of sp³-hybridized carbons (Fsp3) is 0.562. The van der Waals surface area contributed by atoms with Gasteiger partial charge in [-0.1, -0.05) is 24.6 Å². The highest BCUT2D eigenvalue weighted by Crippen LogP contribution is 2.22. The maximum absolute atomic E-state index is 11.2. The molecule has 3 nitrogen and oxygen atoms in total. The van der Waals surface area contributed by atoms with Gasteiger partial charge < -0.3 is 10.2 Å². The fourth-order valence-corrected chi connectivity index (χ4v) is 2.88. The Morgan fingerprint density at radius 2 is 2.10 bits per heavy atom. The van der Waals surface area contributed by atoms with Crippen LogP contribution in [0.3, 0.4) is 0 Å². The van der Waals surface area contributed by atoms with Crippen LogP contribution in [0.15, 0.2) is 24.3 Å². The minimum atomic E-state index is 0. The molecule has 0 radical (unpaired) electrons.